The van der Waals surface area contributed by atoms with Crippen molar-refractivity contribution in [1.29, 1.82) is 0 Å². The van der Waals surface area contributed by atoms with Crippen LogP contribution in [0.25, 0.3) is 0 Å². The molecule has 1 fully saturated rings. The van der Waals surface area contributed by atoms with Gasteiger partial charge in [0, 0.05) is 24.6 Å². The van der Waals surface area contributed by atoms with Crippen molar-refractivity contribution in [2.45, 2.75) is 45.2 Å². The van der Waals surface area contributed by atoms with E-state index in [0.29, 0.717) is 12.0 Å². The van der Waals surface area contributed by atoms with Crippen LogP contribution in [0.1, 0.15) is 55.7 Å². The maximum absolute atomic E-state index is 5.49. The third kappa shape index (κ3) is 3.56. The zero-order chi connectivity index (χ0) is 17.1. The van der Waals surface area contributed by atoms with Gasteiger partial charge in [-0.25, -0.2) is 0 Å². The summed E-state index contributed by atoms with van der Waals surface area (Å²) in [5.41, 5.74) is 2.23. The summed E-state index contributed by atoms with van der Waals surface area (Å²) in [4.78, 5) is 2.45. The van der Waals surface area contributed by atoms with Gasteiger partial charge in [-0.3, -0.25) is 4.90 Å². The van der Waals surface area contributed by atoms with Gasteiger partial charge in [-0.05, 0) is 37.1 Å². The van der Waals surface area contributed by atoms with Crippen molar-refractivity contribution in [3.8, 4) is 11.5 Å². The molecule has 1 atom stereocenters. The van der Waals surface area contributed by atoms with E-state index in [1.807, 2.05) is 6.07 Å². The van der Waals surface area contributed by atoms with Crippen molar-refractivity contribution >= 4 is 0 Å². The summed E-state index contributed by atoms with van der Waals surface area (Å²) in [7, 11) is 3.36. The number of hydrogen-bond donors (Lipinski definition) is 0. The highest BCUT2D eigenvalue weighted by Gasteiger charge is 2.29. The highest BCUT2D eigenvalue weighted by Crippen LogP contribution is 2.34. The summed E-state index contributed by atoms with van der Waals surface area (Å²) in [6, 6.07) is 8.47. The van der Waals surface area contributed by atoms with Gasteiger partial charge >= 0.3 is 0 Å². The summed E-state index contributed by atoms with van der Waals surface area (Å²) in [6.45, 7) is 6.16. The molecule has 0 N–H and O–H groups in total. The fourth-order valence-corrected chi connectivity index (χ4v) is 3.28. The van der Waals surface area contributed by atoms with Crippen LogP contribution in [0.2, 0.25) is 0 Å². The maximum atomic E-state index is 5.49. The van der Waals surface area contributed by atoms with E-state index in [-0.39, 0.29) is 0 Å². The number of nitrogens with zero attached hydrogens (tertiary/aromatic N) is 2. The summed E-state index contributed by atoms with van der Waals surface area (Å²) in [6.07, 6.45) is 2.29. The van der Waals surface area contributed by atoms with Crippen molar-refractivity contribution < 1.29 is 14.0 Å². The van der Waals surface area contributed by atoms with Gasteiger partial charge in [-0.1, -0.05) is 19.0 Å². The fourth-order valence-electron chi connectivity index (χ4n) is 3.28. The molecule has 0 spiro atoms. The molecule has 0 bridgehead atoms. The Kier molecular flexibility index (Phi) is 5.09. The third-order valence-corrected chi connectivity index (χ3v) is 4.62. The average molecular weight is 330 g/mol. The van der Waals surface area contributed by atoms with Gasteiger partial charge < -0.3 is 14.0 Å². The topological polar surface area (TPSA) is 47.7 Å². The van der Waals surface area contributed by atoms with Crippen LogP contribution in [0.15, 0.2) is 28.8 Å². The molecule has 1 aromatic carbocycles. The molecule has 5 heteroatoms. The Morgan fingerprint density at radius 2 is 1.88 bits per heavy atom. The second kappa shape index (κ2) is 7.26. The number of benzene rings is 1. The highest BCUT2D eigenvalue weighted by molar-refractivity contribution is 5.38. The summed E-state index contributed by atoms with van der Waals surface area (Å²) < 4.78 is 16.2. The molecular formula is C19H26N2O3. The zero-order valence-corrected chi connectivity index (χ0v) is 14.9. The molecular weight excluding hydrogens is 304 g/mol. The molecule has 0 unspecified atom stereocenters. The first-order valence-corrected chi connectivity index (χ1v) is 8.53. The molecule has 1 aromatic heterocycles. The first kappa shape index (κ1) is 16.8. The first-order valence-electron chi connectivity index (χ1n) is 8.53. The second-order valence-corrected chi connectivity index (χ2v) is 6.66. The minimum atomic E-state index is 0.318. The number of methoxy groups -OCH3 is 2. The number of aromatic nitrogens is 1. The predicted octanol–water partition coefficient (Wildman–Crippen LogP) is 4.15. The highest BCUT2D eigenvalue weighted by atomic mass is 16.5. The normalized spacial score (nSPS) is 18.3. The van der Waals surface area contributed by atoms with Gasteiger partial charge in [0.25, 0.3) is 0 Å². The molecule has 130 valence electrons. The van der Waals surface area contributed by atoms with Crippen LogP contribution in [-0.2, 0) is 6.54 Å². The third-order valence-electron chi connectivity index (χ3n) is 4.62. The van der Waals surface area contributed by atoms with E-state index < -0.39 is 0 Å². The monoisotopic (exact) mass is 330 g/mol. The molecule has 24 heavy (non-hydrogen) atoms. The molecule has 1 aliphatic heterocycles. The molecule has 2 aromatic rings. The lowest BCUT2D eigenvalue weighted by Gasteiger charge is -2.23. The molecule has 0 aliphatic carbocycles. The number of rotatable bonds is 6. The van der Waals surface area contributed by atoms with Crippen molar-refractivity contribution in [2.75, 3.05) is 20.8 Å². The van der Waals surface area contributed by atoms with Crippen molar-refractivity contribution in [1.82, 2.24) is 10.1 Å². The van der Waals surface area contributed by atoms with Crippen molar-refractivity contribution in [2.24, 2.45) is 0 Å². The van der Waals surface area contributed by atoms with Crippen molar-refractivity contribution in [3.05, 3.63) is 41.3 Å². The summed E-state index contributed by atoms with van der Waals surface area (Å²) in [5, 5.41) is 4.31. The summed E-state index contributed by atoms with van der Waals surface area (Å²) >= 11 is 0. The number of hydrogen-bond acceptors (Lipinski definition) is 5. The van der Waals surface area contributed by atoms with E-state index in [1.165, 1.54) is 12.0 Å². The predicted molar refractivity (Wildman–Crippen MR) is 92.5 cm³/mol. The zero-order valence-electron chi connectivity index (χ0n) is 14.9. The lowest BCUT2D eigenvalue weighted by Crippen LogP contribution is -2.23. The molecule has 0 amide bonds. The van der Waals surface area contributed by atoms with E-state index in [2.05, 4.69) is 42.1 Å². The van der Waals surface area contributed by atoms with Gasteiger partial charge in [0.15, 0.2) is 0 Å². The quantitative estimate of drug-likeness (QED) is 0.796. The van der Waals surface area contributed by atoms with E-state index in [9.17, 15) is 0 Å². The van der Waals surface area contributed by atoms with Crippen molar-refractivity contribution in [3.63, 3.8) is 0 Å². The summed E-state index contributed by atoms with van der Waals surface area (Å²) in [5.74, 6) is 2.97. The molecule has 1 aliphatic rings. The van der Waals surface area contributed by atoms with Gasteiger partial charge in [0.05, 0.1) is 20.3 Å². The Morgan fingerprint density at radius 1 is 1.17 bits per heavy atom. The minimum absolute atomic E-state index is 0.318. The molecule has 2 heterocycles. The van der Waals surface area contributed by atoms with Gasteiger partial charge in [-0.2, -0.15) is 0 Å². The Hall–Kier alpha value is -2.01. The average Bonchev–Trinajstić information content (AvgIpc) is 3.23. The van der Waals surface area contributed by atoms with Gasteiger partial charge in [0.2, 0.25) is 0 Å². The molecule has 0 saturated carbocycles. The second-order valence-electron chi connectivity index (χ2n) is 6.66. The standard InChI is InChI=1S/C19H26N2O3/c1-13(2)19-11-17(20-24-19)18-6-5-7-21(18)12-14-8-15(22-3)10-16(9-14)23-4/h8-11,13,18H,5-7,12H2,1-4H3/t18-/m0/s1. The fraction of sp³-hybridized carbons (Fsp3) is 0.526. The van der Waals surface area contributed by atoms with Crippen LogP contribution in [-0.4, -0.2) is 30.8 Å². The van der Waals surface area contributed by atoms with Crippen LogP contribution in [0.3, 0.4) is 0 Å². The number of likely N-dealkylation sites (tertiary alicyclic amines) is 1. The van der Waals surface area contributed by atoms with Crippen LogP contribution in [0.5, 0.6) is 11.5 Å². The Labute approximate surface area is 143 Å². The Bertz CT molecular complexity index is 659. The van der Waals surface area contributed by atoms with Gasteiger partial charge in [0.1, 0.15) is 23.0 Å². The molecule has 5 nitrogen and oxygen atoms in total. The van der Waals surface area contributed by atoms with E-state index in [1.54, 1.807) is 14.2 Å². The SMILES string of the molecule is COc1cc(CN2CCC[C@H]2c2cc(C(C)C)on2)cc(OC)c1. The number of ether oxygens (including phenoxy) is 2. The lowest BCUT2D eigenvalue weighted by atomic mass is 10.1. The van der Waals surface area contributed by atoms with Crippen LogP contribution >= 0.6 is 0 Å². The molecule has 3 rings (SSSR count). The van der Waals surface area contributed by atoms with Crippen LogP contribution < -0.4 is 9.47 Å². The smallest absolute Gasteiger partial charge is 0.139 e. The molecule has 0 radical (unpaired) electrons. The van der Waals surface area contributed by atoms with Crippen LogP contribution in [0.4, 0.5) is 0 Å². The maximum Gasteiger partial charge on any atom is 0.139 e. The van der Waals surface area contributed by atoms with E-state index in [0.717, 1.165) is 42.5 Å². The van der Waals surface area contributed by atoms with E-state index >= 15 is 0 Å². The van der Waals surface area contributed by atoms with Gasteiger partial charge in [-0.15, -0.1) is 0 Å². The molecule has 1 saturated heterocycles. The lowest BCUT2D eigenvalue weighted by molar-refractivity contribution is 0.235. The first-order chi connectivity index (χ1) is 11.6. The van der Waals surface area contributed by atoms with E-state index in [4.69, 9.17) is 14.0 Å². The largest absolute Gasteiger partial charge is 0.497 e. The minimum Gasteiger partial charge on any atom is -0.497 e. The Balaban J connectivity index is 1.78. The van der Waals surface area contributed by atoms with Crippen LogP contribution in [0, 0.1) is 0 Å². The Morgan fingerprint density at radius 3 is 2.46 bits per heavy atom.